The topological polar surface area (TPSA) is 192 Å². The Hall–Kier alpha value is -4.92. The van der Waals surface area contributed by atoms with Gasteiger partial charge in [-0.25, -0.2) is 0 Å². The van der Waals surface area contributed by atoms with E-state index >= 15 is 0 Å². The summed E-state index contributed by atoms with van der Waals surface area (Å²) in [6.07, 6.45) is 3.12. The molecule has 4 N–H and O–H groups in total. The predicted molar refractivity (Wildman–Crippen MR) is 125 cm³/mol. The average molecular weight is 478 g/mol. The molecule has 2 aromatic heterocycles. The lowest BCUT2D eigenvalue weighted by Crippen LogP contribution is -2.13. The minimum absolute atomic E-state index is 0.0855. The zero-order valence-electron chi connectivity index (χ0n) is 18.5. The fourth-order valence-electron chi connectivity index (χ4n) is 2.74. The second-order valence-electron chi connectivity index (χ2n) is 6.73. The fourth-order valence-corrected chi connectivity index (χ4v) is 2.74. The van der Waals surface area contributed by atoms with Gasteiger partial charge in [-0.2, -0.15) is 10.2 Å². The Morgan fingerprint density at radius 1 is 0.686 bits per heavy atom. The molecule has 0 saturated carbocycles. The van der Waals surface area contributed by atoms with Crippen LogP contribution in [0.25, 0.3) is 0 Å². The number of nitrogens with two attached hydrogens (primary N) is 2. The van der Waals surface area contributed by atoms with Crippen molar-refractivity contribution in [2.75, 3.05) is 37.9 Å². The lowest BCUT2D eigenvalue weighted by Gasteiger charge is -2.11. The number of rotatable bonds is 12. The summed E-state index contributed by atoms with van der Waals surface area (Å²) in [6.45, 7) is 1.43. The van der Waals surface area contributed by atoms with Gasteiger partial charge >= 0.3 is 0 Å². The number of para-hydroxylation sites is 2. The molecule has 180 valence electrons. The molecule has 0 fully saturated rings. The van der Waals surface area contributed by atoms with Gasteiger partial charge < -0.3 is 25.7 Å². The molecule has 4 rings (SSSR count). The van der Waals surface area contributed by atoms with Gasteiger partial charge in [0.2, 0.25) is 0 Å². The Morgan fingerprint density at radius 3 is 1.57 bits per heavy atom. The van der Waals surface area contributed by atoms with Gasteiger partial charge in [-0.3, -0.25) is 0 Å². The van der Waals surface area contributed by atoms with Crippen molar-refractivity contribution < 1.29 is 14.2 Å². The van der Waals surface area contributed by atoms with Crippen LogP contribution in [-0.4, -0.2) is 79.5 Å². The van der Waals surface area contributed by atoms with Crippen molar-refractivity contribution in [3.8, 4) is 11.5 Å². The first-order chi connectivity index (χ1) is 17.2. The maximum absolute atomic E-state index is 5.80. The van der Waals surface area contributed by atoms with Gasteiger partial charge in [0.15, 0.2) is 0 Å². The van der Waals surface area contributed by atoms with E-state index in [-0.39, 0.29) is 11.9 Å². The summed E-state index contributed by atoms with van der Waals surface area (Å²) in [5.74, 6) is 1.45. The SMILES string of the molecule is Nc1nnnn1/N=C/c1ccccc1OCCOCCOc1ccccc1/C=N/n1nnnc1N. The Balaban J connectivity index is 1.20. The van der Waals surface area contributed by atoms with Crippen molar-refractivity contribution in [1.29, 1.82) is 0 Å². The van der Waals surface area contributed by atoms with Crippen LogP contribution in [0.2, 0.25) is 0 Å². The van der Waals surface area contributed by atoms with Gasteiger partial charge in [0.1, 0.15) is 24.7 Å². The third-order valence-corrected chi connectivity index (χ3v) is 4.37. The maximum Gasteiger partial charge on any atom is 0.263 e. The summed E-state index contributed by atoms with van der Waals surface area (Å²) in [7, 11) is 0. The third kappa shape index (κ3) is 6.55. The number of aromatic nitrogens is 8. The molecule has 0 amide bonds. The summed E-state index contributed by atoms with van der Waals surface area (Å²) in [4.78, 5) is 2.23. The number of benzene rings is 2. The Bertz CT molecular complexity index is 1190. The molecule has 0 saturated heterocycles. The highest BCUT2D eigenvalue weighted by molar-refractivity contribution is 5.83. The molecule has 0 radical (unpaired) electrons. The summed E-state index contributed by atoms with van der Waals surface area (Å²) in [5, 5.41) is 29.5. The fraction of sp³-hybridized carbons (Fsp3) is 0.200. The third-order valence-electron chi connectivity index (χ3n) is 4.37. The van der Waals surface area contributed by atoms with E-state index in [0.29, 0.717) is 37.9 Å². The van der Waals surface area contributed by atoms with E-state index in [0.717, 1.165) is 20.7 Å². The zero-order chi connectivity index (χ0) is 24.3. The summed E-state index contributed by atoms with van der Waals surface area (Å²) in [5.41, 5.74) is 12.7. The van der Waals surface area contributed by atoms with Crippen molar-refractivity contribution >= 4 is 24.3 Å². The molecule has 35 heavy (non-hydrogen) atoms. The van der Waals surface area contributed by atoms with Crippen LogP contribution in [-0.2, 0) is 4.74 Å². The second kappa shape index (κ2) is 11.8. The summed E-state index contributed by atoms with van der Waals surface area (Å²) in [6, 6.07) is 14.8. The quantitative estimate of drug-likeness (QED) is 0.207. The zero-order valence-corrected chi connectivity index (χ0v) is 18.5. The van der Waals surface area contributed by atoms with E-state index in [1.54, 1.807) is 12.4 Å². The van der Waals surface area contributed by atoms with E-state index in [9.17, 15) is 0 Å². The van der Waals surface area contributed by atoms with Crippen LogP contribution in [0.4, 0.5) is 11.9 Å². The number of tetrazole rings is 2. The van der Waals surface area contributed by atoms with Crippen LogP contribution in [0.15, 0.2) is 58.7 Å². The number of nitrogen functional groups attached to an aromatic ring is 2. The van der Waals surface area contributed by atoms with E-state index in [1.165, 1.54) is 0 Å². The van der Waals surface area contributed by atoms with Crippen LogP contribution >= 0.6 is 0 Å². The molecule has 0 aliphatic carbocycles. The van der Waals surface area contributed by atoms with Gasteiger partial charge in [0, 0.05) is 11.1 Å². The minimum Gasteiger partial charge on any atom is -0.491 e. The van der Waals surface area contributed by atoms with Crippen LogP contribution in [0.5, 0.6) is 11.5 Å². The molecule has 0 unspecified atom stereocenters. The number of hydrogen-bond acceptors (Lipinski definition) is 13. The maximum atomic E-state index is 5.80. The lowest BCUT2D eigenvalue weighted by atomic mass is 10.2. The van der Waals surface area contributed by atoms with Crippen LogP contribution in [0, 0.1) is 0 Å². The summed E-state index contributed by atoms with van der Waals surface area (Å²) < 4.78 is 17.2. The van der Waals surface area contributed by atoms with Crippen LogP contribution in [0.1, 0.15) is 11.1 Å². The first-order valence-electron chi connectivity index (χ1n) is 10.4. The van der Waals surface area contributed by atoms with Gasteiger partial charge in [0.25, 0.3) is 11.9 Å². The van der Waals surface area contributed by atoms with E-state index in [2.05, 4.69) is 41.3 Å². The highest BCUT2D eigenvalue weighted by atomic mass is 16.5. The van der Waals surface area contributed by atoms with Crippen LogP contribution < -0.4 is 20.9 Å². The molecule has 4 aromatic rings. The number of nitrogens with zero attached hydrogens (tertiary/aromatic N) is 10. The Kier molecular flexibility index (Phi) is 7.84. The largest absolute Gasteiger partial charge is 0.491 e. The number of anilines is 2. The van der Waals surface area contributed by atoms with Gasteiger partial charge in [-0.05, 0) is 45.1 Å². The first-order valence-corrected chi connectivity index (χ1v) is 10.4. The monoisotopic (exact) mass is 478 g/mol. The molecular formula is C20H22N12O3. The van der Waals surface area contributed by atoms with E-state index < -0.39 is 0 Å². The molecule has 15 nitrogen and oxygen atoms in total. The van der Waals surface area contributed by atoms with Crippen molar-refractivity contribution in [2.24, 2.45) is 10.2 Å². The molecule has 0 aliphatic rings. The van der Waals surface area contributed by atoms with E-state index in [4.69, 9.17) is 25.7 Å². The highest BCUT2D eigenvalue weighted by Gasteiger charge is 2.04. The molecule has 2 aromatic carbocycles. The normalized spacial score (nSPS) is 11.4. The molecular weight excluding hydrogens is 456 g/mol. The molecule has 15 heteroatoms. The predicted octanol–water partition coefficient (Wildman–Crippen LogP) is 0.0628. The Labute approximate surface area is 199 Å². The van der Waals surface area contributed by atoms with E-state index in [1.807, 2.05) is 48.5 Å². The second-order valence-corrected chi connectivity index (χ2v) is 6.73. The van der Waals surface area contributed by atoms with Gasteiger partial charge in [0.05, 0.1) is 25.6 Å². The highest BCUT2D eigenvalue weighted by Crippen LogP contribution is 2.17. The van der Waals surface area contributed by atoms with Crippen molar-refractivity contribution in [3.05, 3.63) is 59.7 Å². The first kappa shape index (κ1) is 23.2. The summed E-state index contributed by atoms with van der Waals surface area (Å²) >= 11 is 0. The molecule has 0 spiro atoms. The minimum atomic E-state index is 0.0855. The Morgan fingerprint density at radius 2 is 1.14 bits per heavy atom. The molecule has 0 bridgehead atoms. The van der Waals surface area contributed by atoms with Gasteiger partial charge in [-0.15, -0.1) is 0 Å². The average Bonchev–Trinajstić information content (AvgIpc) is 3.49. The van der Waals surface area contributed by atoms with Gasteiger partial charge in [-0.1, -0.05) is 44.0 Å². The molecule has 0 aliphatic heterocycles. The number of hydrogen-bond donors (Lipinski definition) is 2. The standard InChI is InChI=1S/C20H22N12O3/c21-19-25-27-29-31(19)23-13-15-5-1-3-7-17(15)34-11-9-33-10-12-35-18-8-4-2-6-16(18)14-24-32-20(22)26-28-30-32/h1-8,13-14H,9-12H2,(H2,21,25,29)(H2,22,26,30)/b23-13+,24-14+. The lowest BCUT2D eigenvalue weighted by molar-refractivity contribution is 0.0764. The smallest absolute Gasteiger partial charge is 0.263 e. The molecule has 2 heterocycles. The van der Waals surface area contributed by atoms with Crippen LogP contribution in [0.3, 0.4) is 0 Å². The van der Waals surface area contributed by atoms with Crippen molar-refractivity contribution in [1.82, 2.24) is 40.6 Å². The number of ether oxygens (including phenoxy) is 3. The van der Waals surface area contributed by atoms with Crippen molar-refractivity contribution in [2.45, 2.75) is 0 Å². The van der Waals surface area contributed by atoms with Crippen molar-refractivity contribution in [3.63, 3.8) is 0 Å². The molecule has 0 atom stereocenters.